The van der Waals surface area contributed by atoms with Gasteiger partial charge in [-0.2, -0.15) is 5.10 Å². The first kappa shape index (κ1) is 17.5. The van der Waals surface area contributed by atoms with Crippen LogP contribution in [0.5, 0.6) is 0 Å². The van der Waals surface area contributed by atoms with Crippen LogP contribution in [0.25, 0.3) is 10.8 Å². The number of anilines is 1. The maximum absolute atomic E-state index is 12.6. The number of thiophene rings is 1. The number of aromatic nitrogens is 2. The highest BCUT2D eigenvalue weighted by molar-refractivity contribution is 7.12. The summed E-state index contributed by atoms with van der Waals surface area (Å²) in [6, 6.07) is 16.7. The Morgan fingerprint density at radius 2 is 1.85 bits per heavy atom. The first-order valence-electron chi connectivity index (χ1n) is 8.90. The van der Waals surface area contributed by atoms with Gasteiger partial charge in [0.2, 0.25) is 0 Å². The number of aryl methyl sites for hydroxylation is 2. The van der Waals surface area contributed by atoms with Gasteiger partial charge in [0.05, 0.1) is 28.5 Å². The molecule has 0 radical (unpaired) electrons. The minimum Gasteiger partial charge on any atom is -0.318 e. The zero-order valence-corrected chi connectivity index (χ0v) is 16.4. The monoisotopic (exact) mass is 375 g/mol. The van der Waals surface area contributed by atoms with Gasteiger partial charge in [0.15, 0.2) is 0 Å². The molecule has 0 atom stereocenters. The number of hydrogen-bond donors (Lipinski definition) is 1. The van der Waals surface area contributed by atoms with E-state index in [0.29, 0.717) is 6.54 Å². The normalized spacial score (nSPS) is 11.1. The summed E-state index contributed by atoms with van der Waals surface area (Å²) in [5.74, 6) is -0.0709. The zero-order valence-electron chi connectivity index (χ0n) is 15.6. The molecule has 0 aliphatic rings. The Hall–Kier alpha value is -2.92. The molecule has 0 bridgehead atoms. The molecule has 0 unspecified atom stereocenters. The maximum Gasteiger partial charge on any atom is 0.266 e. The van der Waals surface area contributed by atoms with Crippen molar-refractivity contribution in [3.05, 3.63) is 81.3 Å². The standard InChI is InChI=1S/C22H21N3OS/c1-14-11-12-27-21(14)22(26)23-20-15(2)24-25(16(20)3)13-18-9-6-8-17-7-4-5-10-19(17)18/h4-12H,13H2,1-3H3,(H,23,26). The maximum atomic E-state index is 12.6. The van der Waals surface area contributed by atoms with Crippen LogP contribution in [0, 0.1) is 20.8 Å². The Balaban J connectivity index is 1.65. The van der Waals surface area contributed by atoms with Crippen molar-refractivity contribution in [2.45, 2.75) is 27.3 Å². The Labute approximate surface area is 162 Å². The number of hydrogen-bond acceptors (Lipinski definition) is 3. The van der Waals surface area contributed by atoms with Crippen LogP contribution < -0.4 is 5.32 Å². The van der Waals surface area contributed by atoms with Gasteiger partial charge in [-0.1, -0.05) is 42.5 Å². The summed E-state index contributed by atoms with van der Waals surface area (Å²) in [5, 5.41) is 12.1. The van der Waals surface area contributed by atoms with E-state index in [4.69, 9.17) is 0 Å². The molecule has 0 fully saturated rings. The quantitative estimate of drug-likeness (QED) is 0.524. The lowest BCUT2D eigenvalue weighted by Gasteiger charge is -2.09. The van der Waals surface area contributed by atoms with Crippen LogP contribution in [0.1, 0.15) is 32.2 Å². The number of carbonyl (C=O) groups excluding carboxylic acids is 1. The van der Waals surface area contributed by atoms with E-state index in [1.165, 1.54) is 27.7 Å². The van der Waals surface area contributed by atoms with Crippen molar-refractivity contribution in [1.29, 1.82) is 0 Å². The third-order valence-corrected chi connectivity index (χ3v) is 5.90. The van der Waals surface area contributed by atoms with Crippen LogP contribution in [0.15, 0.2) is 53.9 Å². The first-order chi connectivity index (χ1) is 13.0. The van der Waals surface area contributed by atoms with E-state index < -0.39 is 0 Å². The predicted molar refractivity (Wildman–Crippen MR) is 112 cm³/mol. The molecule has 2 aromatic carbocycles. The molecule has 2 heterocycles. The molecular weight excluding hydrogens is 354 g/mol. The molecule has 1 N–H and O–H groups in total. The van der Waals surface area contributed by atoms with Gasteiger partial charge < -0.3 is 5.32 Å². The Kier molecular flexibility index (Phi) is 4.54. The molecule has 0 aliphatic heterocycles. The lowest BCUT2D eigenvalue weighted by atomic mass is 10.0. The van der Waals surface area contributed by atoms with Crippen LogP contribution in [0.4, 0.5) is 5.69 Å². The Bertz CT molecular complexity index is 1130. The van der Waals surface area contributed by atoms with Crippen molar-refractivity contribution >= 4 is 33.7 Å². The van der Waals surface area contributed by atoms with Crippen LogP contribution >= 0.6 is 11.3 Å². The van der Waals surface area contributed by atoms with E-state index >= 15 is 0 Å². The number of amides is 1. The van der Waals surface area contributed by atoms with E-state index in [1.54, 1.807) is 0 Å². The number of fused-ring (bicyclic) bond motifs is 1. The highest BCUT2D eigenvalue weighted by atomic mass is 32.1. The van der Waals surface area contributed by atoms with Crippen molar-refractivity contribution in [2.24, 2.45) is 0 Å². The highest BCUT2D eigenvalue weighted by Gasteiger charge is 2.17. The minimum absolute atomic E-state index is 0.0709. The van der Waals surface area contributed by atoms with Crippen LogP contribution in [-0.4, -0.2) is 15.7 Å². The van der Waals surface area contributed by atoms with E-state index in [2.05, 4.69) is 52.9 Å². The average Bonchev–Trinajstić information content (AvgIpc) is 3.20. The van der Waals surface area contributed by atoms with Gasteiger partial charge in [0, 0.05) is 0 Å². The summed E-state index contributed by atoms with van der Waals surface area (Å²) >= 11 is 1.46. The summed E-state index contributed by atoms with van der Waals surface area (Å²) < 4.78 is 1.97. The predicted octanol–water partition coefficient (Wildman–Crippen LogP) is 5.32. The highest BCUT2D eigenvalue weighted by Crippen LogP contribution is 2.25. The second-order valence-corrected chi connectivity index (χ2v) is 7.64. The number of benzene rings is 2. The van der Waals surface area contributed by atoms with Gasteiger partial charge in [0.1, 0.15) is 0 Å². The smallest absolute Gasteiger partial charge is 0.266 e. The molecule has 4 rings (SSSR count). The van der Waals surface area contributed by atoms with Crippen LogP contribution in [0.2, 0.25) is 0 Å². The summed E-state index contributed by atoms with van der Waals surface area (Å²) in [4.78, 5) is 13.4. The third kappa shape index (κ3) is 3.26. The van der Waals surface area contributed by atoms with E-state index in [9.17, 15) is 4.79 Å². The van der Waals surface area contributed by atoms with Gasteiger partial charge >= 0.3 is 0 Å². The summed E-state index contributed by atoms with van der Waals surface area (Å²) in [6.07, 6.45) is 0. The molecule has 0 saturated heterocycles. The van der Waals surface area contributed by atoms with Crippen LogP contribution in [0.3, 0.4) is 0 Å². The molecule has 4 aromatic rings. The zero-order chi connectivity index (χ0) is 19.0. The second kappa shape index (κ2) is 7.00. The van der Waals surface area contributed by atoms with Gasteiger partial charge in [-0.3, -0.25) is 9.48 Å². The van der Waals surface area contributed by atoms with Gasteiger partial charge in [-0.25, -0.2) is 0 Å². The molecule has 2 aromatic heterocycles. The van der Waals surface area contributed by atoms with Crippen LogP contribution in [-0.2, 0) is 6.54 Å². The minimum atomic E-state index is -0.0709. The molecule has 1 amide bonds. The van der Waals surface area contributed by atoms with E-state index in [0.717, 1.165) is 27.5 Å². The van der Waals surface area contributed by atoms with Gasteiger partial charge in [0.25, 0.3) is 5.91 Å². The molecule has 0 spiro atoms. The van der Waals surface area contributed by atoms with Crippen molar-refractivity contribution in [3.8, 4) is 0 Å². The van der Waals surface area contributed by atoms with Gasteiger partial charge in [-0.15, -0.1) is 11.3 Å². The lowest BCUT2D eigenvalue weighted by Crippen LogP contribution is -2.13. The number of rotatable bonds is 4. The average molecular weight is 375 g/mol. The number of carbonyl (C=O) groups is 1. The fraction of sp³-hybridized carbons (Fsp3) is 0.182. The Morgan fingerprint density at radius 1 is 1.07 bits per heavy atom. The third-order valence-electron chi connectivity index (χ3n) is 4.89. The lowest BCUT2D eigenvalue weighted by molar-refractivity contribution is 0.103. The molecule has 5 heteroatoms. The summed E-state index contributed by atoms with van der Waals surface area (Å²) in [5.41, 5.74) is 4.80. The fourth-order valence-electron chi connectivity index (χ4n) is 3.40. The molecule has 136 valence electrons. The van der Waals surface area contributed by atoms with E-state index in [1.807, 2.05) is 36.9 Å². The number of nitrogens with zero attached hydrogens (tertiary/aromatic N) is 2. The molecular formula is C22H21N3OS. The van der Waals surface area contributed by atoms with Crippen molar-refractivity contribution in [2.75, 3.05) is 5.32 Å². The largest absolute Gasteiger partial charge is 0.318 e. The molecule has 0 saturated carbocycles. The molecule has 4 nitrogen and oxygen atoms in total. The number of nitrogens with one attached hydrogen (secondary N) is 1. The topological polar surface area (TPSA) is 46.9 Å². The first-order valence-corrected chi connectivity index (χ1v) is 9.78. The fourth-order valence-corrected chi connectivity index (χ4v) is 4.22. The van der Waals surface area contributed by atoms with E-state index in [-0.39, 0.29) is 5.91 Å². The van der Waals surface area contributed by atoms with Gasteiger partial charge in [-0.05, 0) is 54.1 Å². The SMILES string of the molecule is Cc1ccsc1C(=O)Nc1c(C)nn(Cc2cccc3ccccc23)c1C. The summed E-state index contributed by atoms with van der Waals surface area (Å²) in [7, 11) is 0. The molecule has 27 heavy (non-hydrogen) atoms. The second-order valence-electron chi connectivity index (χ2n) is 6.73. The molecule has 0 aliphatic carbocycles. The van der Waals surface area contributed by atoms with Crippen molar-refractivity contribution in [1.82, 2.24) is 9.78 Å². The Morgan fingerprint density at radius 3 is 2.63 bits per heavy atom. The van der Waals surface area contributed by atoms with Crippen molar-refractivity contribution < 1.29 is 4.79 Å². The summed E-state index contributed by atoms with van der Waals surface area (Å²) in [6.45, 7) is 6.56. The van der Waals surface area contributed by atoms with Crippen molar-refractivity contribution in [3.63, 3.8) is 0 Å².